The Balaban J connectivity index is 0.00000162. The molecular formula is C13H17Cl2N3. The number of anilines is 1. The van der Waals surface area contributed by atoms with Gasteiger partial charge in [-0.15, -0.1) is 0 Å². The van der Waals surface area contributed by atoms with E-state index in [4.69, 9.17) is 17.0 Å². The molecule has 0 amide bonds. The second-order valence-electron chi connectivity index (χ2n) is 4.64. The molecule has 0 saturated heterocycles. The van der Waals surface area contributed by atoms with Crippen molar-refractivity contribution in [1.82, 2.24) is 0 Å². The molecule has 1 aliphatic carbocycles. The summed E-state index contributed by atoms with van der Waals surface area (Å²) < 4.78 is 0. The minimum absolute atomic E-state index is 0. The average molecular weight is 286 g/mol. The van der Waals surface area contributed by atoms with E-state index in [2.05, 4.69) is 16.9 Å². The van der Waals surface area contributed by atoms with Crippen LogP contribution in [0.4, 0.5) is 11.4 Å². The van der Waals surface area contributed by atoms with Gasteiger partial charge in [-0.3, -0.25) is 0 Å². The van der Waals surface area contributed by atoms with Gasteiger partial charge >= 0.3 is 5.69 Å². The van der Waals surface area contributed by atoms with Crippen LogP contribution in [-0.4, -0.2) is 13.1 Å². The first-order valence-electron chi connectivity index (χ1n) is 6.10. The van der Waals surface area contributed by atoms with Crippen LogP contribution in [0.15, 0.2) is 18.2 Å². The van der Waals surface area contributed by atoms with Crippen molar-refractivity contribution in [3.8, 4) is 0 Å². The van der Waals surface area contributed by atoms with Gasteiger partial charge in [0.25, 0.3) is 0 Å². The topological polar surface area (TPSA) is 31.4 Å². The zero-order valence-corrected chi connectivity index (χ0v) is 12.0. The Morgan fingerprint density at radius 2 is 1.94 bits per heavy atom. The molecule has 0 bridgehead atoms. The molecule has 0 heterocycles. The third-order valence-electron chi connectivity index (χ3n) is 3.55. The third kappa shape index (κ3) is 3.28. The highest BCUT2D eigenvalue weighted by Gasteiger charge is 2.21. The van der Waals surface area contributed by atoms with E-state index in [9.17, 15) is 0 Å². The molecule has 2 rings (SSSR count). The molecule has 0 N–H and O–H groups in total. The van der Waals surface area contributed by atoms with E-state index in [0.29, 0.717) is 16.8 Å². The summed E-state index contributed by atoms with van der Waals surface area (Å²) in [5.74, 6) is 0. The van der Waals surface area contributed by atoms with E-state index in [1.54, 1.807) is 12.1 Å². The summed E-state index contributed by atoms with van der Waals surface area (Å²) >= 11 is 6.21. The monoisotopic (exact) mass is 285 g/mol. The van der Waals surface area contributed by atoms with Gasteiger partial charge in [0.2, 0.25) is 5.39 Å². The predicted molar refractivity (Wildman–Crippen MR) is 71.5 cm³/mol. The Hall–Kier alpha value is -0.980. The lowest BCUT2D eigenvalue weighted by Crippen LogP contribution is -3.00. The lowest BCUT2D eigenvalue weighted by atomic mass is 9.94. The number of halogens is 2. The van der Waals surface area contributed by atoms with E-state index in [0.717, 1.165) is 5.69 Å². The summed E-state index contributed by atoms with van der Waals surface area (Å²) in [6, 6.07) is 5.97. The zero-order chi connectivity index (χ0) is 12.3. The molecule has 5 heteroatoms. The van der Waals surface area contributed by atoms with Gasteiger partial charge in [-0.05, 0) is 18.9 Å². The van der Waals surface area contributed by atoms with Crippen molar-refractivity contribution < 1.29 is 12.4 Å². The maximum atomic E-state index is 8.69. The smallest absolute Gasteiger partial charge is 0.386 e. The second kappa shape index (κ2) is 6.82. The van der Waals surface area contributed by atoms with E-state index in [1.807, 2.05) is 6.07 Å². The Bertz CT molecular complexity index is 436. The van der Waals surface area contributed by atoms with Crippen LogP contribution in [0.25, 0.3) is 4.98 Å². The fraction of sp³-hybridized carbons (Fsp3) is 0.538. The number of hydrogen-bond donors (Lipinski definition) is 0. The predicted octanol–water partition coefficient (Wildman–Crippen LogP) is 1.60. The normalized spacial score (nSPS) is 15.6. The first-order chi connectivity index (χ1) is 8.22. The quantitative estimate of drug-likeness (QED) is 0.773. The van der Waals surface area contributed by atoms with Gasteiger partial charge in [0.05, 0.1) is 16.8 Å². The van der Waals surface area contributed by atoms with Gasteiger partial charge in [0, 0.05) is 19.2 Å². The molecule has 0 aliphatic heterocycles. The molecule has 18 heavy (non-hydrogen) atoms. The molecular weight excluding hydrogens is 269 g/mol. The van der Waals surface area contributed by atoms with E-state index < -0.39 is 0 Å². The highest BCUT2D eigenvalue weighted by molar-refractivity contribution is 6.33. The highest BCUT2D eigenvalue weighted by Crippen LogP contribution is 2.33. The van der Waals surface area contributed by atoms with Crippen molar-refractivity contribution in [1.29, 1.82) is 5.39 Å². The Labute approximate surface area is 119 Å². The molecule has 1 fully saturated rings. The summed E-state index contributed by atoms with van der Waals surface area (Å²) in [6.45, 7) is 0. The van der Waals surface area contributed by atoms with Crippen LogP contribution in [0.5, 0.6) is 0 Å². The maximum Gasteiger partial charge on any atom is 0.386 e. The summed E-state index contributed by atoms with van der Waals surface area (Å²) in [5, 5.41) is 9.34. The number of nitrogens with zero attached hydrogens (tertiary/aromatic N) is 3. The van der Waals surface area contributed by atoms with Gasteiger partial charge in [0.1, 0.15) is 0 Å². The second-order valence-corrected chi connectivity index (χ2v) is 5.05. The van der Waals surface area contributed by atoms with Crippen molar-refractivity contribution >= 4 is 23.0 Å². The summed E-state index contributed by atoms with van der Waals surface area (Å²) in [4.78, 5) is 5.39. The molecule has 1 aliphatic rings. The van der Waals surface area contributed by atoms with Crippen molar-refractivity contribution in [3.05, 3.63) is 28.2 Å². The lowest BCUT2D eigenvalue weighted by Gasteiger charge is -2.33. The van der Waals surface area contributed by atoms with Crippen molar-refractivity contribution in [2.24, 2.45) is 0 Å². The number of benzene rings is 1. The zero-order valence-electron chi connectivity index (χ0n) is 10.4. The summed E-state index contributed by atoms with van der Waals surface area (Å²) in [7, 11) is 2.09. The van der Waals surface area contributed by atoms with Crippen molar-refractivity contribution in [2.75, 3.05) is 11.9 Å². The van der Waals surface area contributed by atoms with Crippen LogP contribution >= 0.6 is 11.6 Å². The number of rotatable bonds is 2. The standard InChI is InChI=1S/C13H17ClN3.ClH/c1-17(11-5-3-2-4-6-11)13-8-7-10(16-15)9-12(13)14;/h7-9,11H,2-6H2,1H3;1H/q+1;/p-1. The number of diazo groups is 1. The minimum atomic E-state index is 0. The van der Waals surface area contributed by atoms with Crippen LogP contribution < -0.4 is 17.3 Å². The van der Waals surface area contributed by atoms with Gasteiger partial charge in [-0.1, -0.05) is 30.9 Å². The molecule has 0 spiro atoms. The maximum absolute atomic E-state index is 8.69. The summed E-state index contributed by atoms with van der Waals surface area (Å²) in [6.07, 6.45) is 6.42. The summed E-state index contributed by atoms with van der Waals surface area (Å²) in [5.41, 5.74) is 1.52. The van der Waals surface area contributed by atoms with Gasteiger partial charge in [-0.25, -0.2) is 0 Å². The van der Waals surface area contributed by atoms with Gasteiger partial charge in [0.15, 0.2) is 4.98 Å². The first kappa shape index (κ1) is 15.1. The molecule has 1 aromatic carbocycles. The van der Waals surface area contributed by atoms with Gasteiger partial charge in [-0.2, -0.15) is 0 Å². The molecule has 0 aromatic heterocycles. The van der Waals surface area contributed by atoms with Gasteiger partial charge < -0.3 is 17.3 Å². The first-order valence-corrected chi connectivity index (χ1v) is 6.47. The molecule has 3 nitrogen and oxygen atoms in total. The van der Waals surface area contributed by atoms with E-state index in [1.165, 1.54) is 32.1 Å². The van der Waals surface area contributed by atoms with Crippen LogP contribution in [0.2, 0.25) is 5.02 Å². The highest BCUT2D eigenvalue weighted by atomic mass is 35.5. The van der Waals surface area contributed by atoms with Crippen molar-refractivity contribution in [2.45, 2.75) is 38.1 Å². The molecule has 0 radical (unpaired) electrons. The lowest BCUT2D eigenvalue weighted by molar-refractivity contribution is -0.00000365. The fourth-order valence-electron chi connectivity index (χ4n) is 2.51. The van der Waals surface area contributed by atoms with Crippen molar-refractivity contribution in [3.63, 3.8) is 0 Å². The van der Waals surface area contributed by atoms with Crippen LogP contribution in [0.1, 0.15) is 32.1 Å². The van der Waals surface area contributed by atoms with Crippen LogP contribution in [-0.2, 0) is 0 Å². The Morgan fingerprint density at radius 3 is 2.50 bits per heavy atom. The molecule has 1 saturated carbocycles. The molecule has 98 valence electrons. The van der Waals surface area contributed by atoms with E-state index >= 15 is 0 Å². The molecule has 0 unspecified atom stereocenters. The SMILES string of the molecule is CN(c1ccc([N+]#N)cc1Cl)C1CCCCC1.[Cl-]. The van der Waals surface area contributed by atoms with Crippen LogP contribution in [0.3, 0.4) is 0 Å². The third-order valence-corrected chi connectivity index (χ3v) is 3.85. The Kier molecular flexibility index (Phi) is 5.71. The molecule has 1 aromatic rings. The minimum Gasteiger partial charge on any atom is -1.00 e. The fourth-order valence-corrected chi connectivity index (χ4v) is 2.82. The largest absolute Gasteiger partial charge is 1.00 e. The Morgan fingerprint density at radius 1 is 1.28 bits per heavy atom. The van der Waals surface area contributed by atoms with E-state index in [-0.39, 0.29) is 12.4 Å². The molecule has 0 atom stereocenters. The van der Waals surface area contributed by atoms with Crippen LogP contribution in [0, 0.1) is 5.39 Å². The average Bonchev–Trinajstić information content (AvgIpc) is 2.39. The number of hydrogen-bond acceptors (Lipinski definition) is 2.